The molecule has 1 saturated heterocycles. The molecule has 0 bridgehead atoms. The highest BCUT2D eigenvalue weighted by atomic mass is 32.2. The van der Waals surface area contributed by atoms with Crippen molar-refractivity contribution >= 4 is 40.2 Å². The Labute approximate surface area is 122 Å². The van der Waals surface area contributed by atoms with Crippen LogP contribution in [0.2, 0.25) is 0 Å². The molecule has 1 heterocycles. The van der Waals surface area contributed by atoms with Crippen molar-refractivity contribution in [3.63, 3.8) is 0 Å². The molecule has 21 heavy (non-hydrogen) atoms. The van der Waals surface area contributed by atoms with Gasteiger partial charge in [0.05, 0.1) is 29.5 Å². The second-order valence-electron chi connectivity index (χ2n) is 3.83. The van der Waals surface area contributed by atoms with Crippen molar-refractivity contribution in [2.45, 2.75) is 0 Å². The van der Waals surface area contributed by atoms with E-state index in [1.807, 2.05) is 0 Å². The predicted molar refractivity (Wildman–Crippen MR) is 76.7 cm³/mol. The summed E-state index contributed by atoms with van der Waals surface area (Å²) >= 11 is 1.11. The summed E-state index contributed by atoms with van der Waals surface area (Å²) in [6, 6.07) is 3.05. The molecule has 110 valence electrons. The largest absolute Gasteiger partial charge is 0.494 e. The standard InChI is InChI=1S/C11H10N4O5S/c1-20-8-4-6(15(18)19)2-3-7(8)12-10(17)14-11-13-9(16)5-21-11/h2-4H,5H2,1H3,(H2,12,13,14,16,17). The number of amides is 3. The van der Waals surface area contributed by atoms with E-state index in [-0.39, 0.29) is 34.0 Å². The topological polar surface area (TPSA) is 123 Å². The normalized spacial score (nSPS) is 15.7. The molecule has 1 aliphatic heterocycles. The van der Waals surface area contributed by atoms with Crippen molar-refractivity contribution in [1.29, 1.82) is 0 Å². The van der Waals surface area contributed by atoms with E-state index >= 15 is 0 Å². The van der Waals surface area contributed by atoms with Crippen LogP contribution >= 0.6 is 11.8 Å². The average molecular weight is 310 g/mol. The molecule has 1 aromatic carbocycles. The molecule has 10 heteroatoms. The maximum atomic E-state index is 11.7. The number of methoxy groups -OCH3 is 1. The minimum Gasteiger partial charge on any atom is -0.494 e. The molecule has 9 nitrogen and oxygen atoms in total. The Bertz CT molecular complexity index is 646. The maximum Gasteiger partial charge on any atom is 0.347 e. The van der Waals surface area contributed by atoms with Gasteiger partial charge in [0.2, 0.25) is 5.91 Å². The van der Waals surface area contributed by atoms with Crippen LogP contribution in [0.25, 0.3) is 0 Å². The molecule has 2 N–H and O–H groups in total. The van der Waals surface area contributed by atoms with E-state index in [4.69, 9.17) is 4.74 Å². The SMILES string of the molecule is COc1cc([N+](=O)[O-])ccc1NC(=O)N=C1NC(=O)CS1. The number of carbonyl (C=O) groups is 2. The van der Waals surface area contributed by atoms with Crippen molar-refractivity contribution in [2.24, 2.45) is 4.99 Å². The monoisotopic (exact) mass is 310 g/mol. The van der Waals surface area contributed by atoms with E-state index in [1.165, 1.54) is 25.3 Å². The third kappa shape index (κ3) is 3.69. The molecule has 1 aliphatic rings. The lowest BCUT2D eigenvalue weighted by atomic mass is 10.2. The number of hydrogen-bond donors (Lipinski definition) is 2. The Morgan fingerprint density at radius 2 is 2.33 bits per heavy atom. The molecule has 0 saturated carbocycles. The fourth-order valence-corrected chi connectivity index (χ4v) is 2.19. The lowest BCUT2D eigenvalue weighted by Gasteiger charge is -2.08. The van der Waals surface area contributed by atoms with Crippen molar-refractivity contribution in [1.82, 2.24) is 5.32 Å². The smallest absolute Gasteiger partial charge is 0.347 e. The summed E-state index contributed by atoms with van der Waals surface area (Å²) in [6.07, 6.45) is 0. The molecule has 0 radical (unpaired) electrons. The highest BCUT2D eigenvalue weighted by Crippen LogP contribution is 2.29. The quantitative estimate of drug-likeness (QED) is 0.641. The molecule has 1 fully saturated rings. The molecule has 0 unspecified atom stereocenters. The maximum absolute atomic E-state index is 11.7. The zero-order chi connectivity index (χ0) is 15.4. The first-order chi connectivity index (χ1) is 9.99. The first kappa shape index (κ1) is 14.8. The van der Waals surface area contributed by atoms with Gasteiger partial charge < -0.3 is 15.4 Å². The van der Waals surface area contributed by atoms with Gasteiger partial charge in [0.15, 0.2) is 5.17 Å². The van der Waals surface area contributed by atoms with E-state index in [2.05, 4.69) is 15.6 Å². The Morgan fingerprint density at radius 1 is 1.57 bits per heavy atom. The van der Waals surface area contributed by atoms with Crippen LogP contribution in [0.1, 0.15) is 0 Å². The van der Waals surface area contributed by atoms with Gasteiger partial charge >= 0.3 is 6.03 Å². The van der Waals surface area contributed by atoms with Gasteiger partial charge in [-0.1, -0.05) is 11.8 Å². The number of hydrogen-bond acceptors (Lipinski definition) is 6. The van der Waals surface area contributed by atoms with Crippen LogP contribution in [0.3, 0.4) is 0 Å². The Morgan fingerprint density at radius 3 is 2.90 bits per heavy atom. The van der Waals surface area contributed by atoms with E-state index in [0.29, 0.717) is 0 Å². The van der Waals surface area contributed by atoms with Crippen LogP contribution in [-0.4, -0.2) is 34.9 Å². The summed E-state index contributed by atoms with van der Waals surface area (Å²) in [7, 11) is 1.33. The molecular weight excluding hydrogens is 300 g/mol. The third-order valence-corrected chi connectivity index (χ3v) is 3.30. The lowest BCUT2D eigenvalue weighted by Crippen LogP contribution is -2.22. The van der Waals surface area contributed by atoms with E-state index in [0.717, 1.165) is 11.8 Å². The summed E-state index contributed by atoms with van der Waals surface area (Å²) in [5, 5.41) is 15.7. The zero-order valence-corrected chi connectivity index (χ0v) is 11.6. The third-order valence-electron chi connectivity index (χ3n) is 2.43. The van der Waals surface area contributed by atoms with Gasteiger partial charge in [-0.15, -0.1) is 0 Å². The van der Waals surface area contributed by atoms with Crippen LogP contribution in [-0.2, 0) is 4.79 Å². The molecule has 0 aliphatic carbocycles. The highest BCUT2D eigenvalue weighted by Gasteiger charge is 2.18. The Balaban J connectivity index is 2.13. The number of ether oxygens (including phenoxy) is 1. The molecule has 1 aromatic rings. The average Bonchev–Trinajstić information content (AvgIpc) is 2.84. The van der Waals surface area contributed by atoms with Gasteiger partial charge in [-0.25, -0.2) is 4.79 Å². The number of anilines is 1. The lowest BCUT2D eigenvalue weighted by molar-refractivity contribution is -0.384. The number of benzene rings is 1. The fraction of sp³-hybridized carbons (Fsp3) is 0.182. The molecule has 0 spiro atoms. The van der Waals surface area contributed by atoms with E-state index in [9.17, 15) is 19.7 Å². The molecule has 2 rings (SSSR count). The van der Waals surface area contributed by atoms with Crippen molar-refractivity contribution in [3.8, 4) is 5.75 Å². The number of nitro groups is 1. The van der Waals surface area contributed by atoms with Gasteiger partial charge in [0.25, 0.3) is 5.69 Å². The van der Waals surface area contributed by atoms with Crippen molar-refractivity contribution in [2.75, 3.05) is 18.2 Å². The summed E-state index contributed by atoms with van der Waals surface area (Å²) < 4.78 is 4.98. The molecule has 3 amide bonds. The second-order valence-corrected chi connectivity index (χ2v) is 4.79. The minimum atomic E-state index is -0.716. The second kappa shape index (κ2) is 6.22. The first-order valence-electron chi connectivity index (χ1n) is 5.64. The number of carbonyl (C=O) groups excluding carboxylic acids is 2. The van der Waals surface area contributed by atoms with Crippen LogP contribution in [0.5, 0.6) is 5.75 Å². The molecule has 0 aromatic heterocycles. The summed E-state index contributed by atoms with van der Waals surface area (Å²) in [5.74, 6) is 0.132. The minimum absolute atomic E-state index is 0.140. The van der Waals surface area contributed by atoms with Gasteiger partial charge in [0.1, 0.15) is 5.75 Å². The Hall–Kier alpha value is -2.62. The number of amidine groups is 1. The number of thioether (sulfide) groups is 1. The number of nitrogens with zero attached hydrogens (tertiary/aromatic N) is 2. The highest BCUT2D eigenvalue weighted by molar-refractivity contribution is 8.15. The van der Waals surface area contributed by atoms with Crippen molar-refractivity contribution in [3.05, 3.63) is 28.3 Å². The van der Waals surface area contributed by atoms with Gasteiger partial charge in [-0.3, -0.25) is 14.9 Å². The Kier molecular flexibility index (Phi) is 4.38. The first-order valence-corrected chi connectivity index (χ1v) is 6.63. The van der Waals surface area contributed by atoms with Crippen LogP contribution in [0.15, 0.2) is 23.2 Å². The van der Waals surface area contributed by atoms with Gasteiger partial charge in [0, 0.05) is 6.07 Å². The van der Waals surface area contributed by atoms with Crippen LogP contribution in [0.4, 0.5) is 16.2 Å². The zero-order valence-electron chi connectivity index (χ0n) is 10.8. The number of nitro benzene ring substituents is 1. The van der Waals surface area contributed by atoms with E-state index < -0.39 is 11.0 Å². The van der Waals surface area contributed by atoms with Gasteiger partial charge in [-0.05, 0) is 6.07 Å². The summed E-state index contributed by atoms with van der Waals surface area (Å²) in [5.41, 5.74) is 0.0848. The van der Waals surface area contributed by atoms with Crippen LogP contribution < -0.4 is 15.4 Å². The van der Waals surface area contributed by atoms with Crippen molar-refractivity contribution < 1.29 is 19.2 Å². The summed E-state index contributed by atoms with van der Waals surface area (Å²) in [4.78, 5) is 36.4. The van der Waals surface area contributed by atoms with Crippen LogP contribution in [0, 0.1) is 10.1 Å². The summed E-state index contributed by atoms with van der Waals surface area (Å²) in [6.45, 7) is 0. The number of rotatable bonds is 3. The van der Waals surface area contributed by atoms with Gasteiger partial charge in [-0.2, -0.15) is 4.99 Å². The molecular formula is C11H10N4O5S. The number of nitrogens with one attached hydrogen (secondary N) is 2. The van der Waals surface area contributed by atoms with E-state index in [1.54, 1.807) is 0 Å². The number of urea groups is 1. The predicted octanol–water partition coefficient (Wildman–Crippen LogP) is 1.35. The number of non-ortho nitro benzene ring substituents is 1. The number of aliphatic imine (C=N–C) groups is 1. The fourth-order valence-electron chi connectivity index (χ4n) is 1.52. The molecule has 0 atom stereocenters.